The van der Waals surface area contributed by atoms with Crippen LogP contribution in [0.3, 0.4) is 0 Å². The highest BCUT2D eigenvalue weighted by atomic mass is 19.1. The second kappa shape index (κ2) is 14.9. The maximum atomic E-state index is 13.1. The van der Waals surface area contributed by atoms with Crippen LogP contribution in [0.1, 0.15) is 15.9 Å². The Morgan fingerprint density at radius 1 is 0.558 bits per heavy atom. The Hall–Kier alpha value is -6.93. The van der Waals surface area contributed by atoms with Crippen LogP contribution in [0, 0.1) is 18.6 Å². The number of hydrogen-bond donors (Lipinski definition) is 3. The Kier molecular flexibility index (Phi) is 9.62. The predicted molar refractivity (Wildman–Crippen MR) is 205 cm³/mol. The fourth-order valence-corrected chi connectivity index (χ4v) is 6.00. The lowest BCUT2D eigenvalue weighted by molar-refractivity contribution is 0.0698. The topological polar surface area (TPSA) is 87.1 Å². The van der Waals surface area contributed by atoms with Gasteiger partial charge in [0.25, 0.3) is 0 Å². The summed E-state index contributed by atoms with van der Waals surface area (Å²) in [5.41, 5.74) is 8.10. The fourth-order valence-electron chi connectivity index (χ4n) is 6.00. The van der Waals surface area contributed by atoms with Gasteiger partial charge in [-0.2, -0.15) is 0 Å². The summed E-state index contributed by atoms with van der Waals surface area (Å²) in [7, 11) is 0. The zero-order chi connectivity index (χ0) is 36.0. The van der Waals surface area contributed by atoms with Crippen molar-refractivity contribution in [3.63, 3.8) is 0 Å². The first-order valence-corrected chi connectivity index (χ1v) is 16.5. The molecule has 52 heavy (non-hydrogen) atoms. The third kappa shape index (κ3) is 7.46. The van der Waals surface area contributed by atoms with E-state index in [9.17, 15) is 18.7 Å². The number of hydrogen-bond acceptors (Lipinski definition) is 5. The number of aryl methyl sites for hydroxylation is 1. The average Bonchev–Trinajstić information content (AvgIpc) is 3.17. The SMILES string of the molecule is Cc1ccc(-c2cncc3ccccc23)cc1Nc1ccc(F)cc1.O=C(O)c1ccc(-c2cncc3ccccc23)cc1Nc1ccc(F)cc1. The van der Waals surface area contributed by atoms with Gasteiger partial charge in [0.2, 0.25) is 0 Å². The number of benzene rings is 6. The van der Waals surface area contributed by atoms with E-state index in [1.807, 2.05) is 48.8 Å². The minimum atomic E-state index is -1.04. The number of aromatic nitrogens is 2. The lowest BCUT2D eigenvalue weighted by Crippen LogP contribution is -2.03. The third-order valence-corrected chi connectivity index (χ3v) is 8.69. The number of carboxylic acids is 1. The number of anilines is 4. The average molecular weight is 687 g/mol. The van der Waals surface area contributed by atoms with E-state index in [0.29, 0.717) is 11.4 Å². The van der Waals surface area contributed by atoms with Crippen molar-refractivity contribution in [3.05, 3.63) is 181 Å². The van der Waals surface area contributed by atoms with Crippen LogP contribution in [0.4, 0.5) is 31.5 Å². The molecule has 8 heteroatoms. The number of rotatable bonds is 7. The second-order valence-corrected chi connectivity index (χ2v) is 12.2. The molecule has 0 unspecified atom stereocenters. The van der Waals surface area contributed by atoms with Gasteiger partial charge in [0, 0.05) is 63.7 Å². The van der Waals surface area contributed by atoms with Gasteiger partial charge in [-0.3, -0.25) is 9.97 Å². The molecular formula is C44H32F2N4O2. The van der Waals surface area contributed by atoms with E-state index in [1.54, 1.807) is 54.9 Å². The van der Waals surface area contributed by atoms with Crippen LogP contribution in [0.25, 0.3) is 43.8 Å². The highest BCUT2D eigenvalue weighted by Crippen LogP contribution is 2.33. The van der Waals surface area contributed by atoms with Crippen molar-refractivity contribution in [2.75, 3.05) is 10.6 Å². The van der Waals surface area contributed by atoms with Gasteiger partial charge >= 0.3 is 5.97 Å². The van der Waals surface area contributed by atoms with Gasteiger partial charge in [0.15, 0.2) is 0 Å². The van der Waals surface area contributed by atoms with Crippen molar-refractivity contribution in [3.8, 4) is 22.3 Å². The van der Waals surface area contributed by atoms with Crippen LogP contribution < -0.4 is 10.6 Å². The molecule has 0 radical (unpaired) electrons. The third-order valence-electron chi connectivity index (χ3n) is 8.69. The first-order valence-electron chi connectivity index (χ1n) is 16.5. The van der Waals surface area contributed by atoms with Crippen LogP contribution in [0.2, 0.25) is 0 Å². The zero-order valence-corrected chi connectivity index (χ0v) is 28.0. The van der Waals surface area contributed by atoms with Gasteiger partial charge < -0.3 is 15.7 Å². The molecule has 0 spiro atoms. The molecule has 0 atom stereocenters. The number of nitrogens with zero attached hydrogens (tertiary/aromatic N) is 2. The molecule has 254 valence electrons. The molecule has 6 aromatic carbocycles. The standard InChI is InChI=1S/C22H15FN2O2.C22H17FN2/c23-16-6-8-17(9-7-16)25-21-11-14(5-10-19(21)22(26)27)20-13-24-12-15-3-1-2-4-18(15)20;1-15-6-7-16(12-22(15)25-19-10-8-18(23)9-11-19)21-14-24-13-17-4-2-3-5-20(17)21/h1-13,25H,(H,26,27);2-14,25H,1H3. The van der Waals surface area contributed by atoms with E-state index < -0.39 is 5.97 Å². The number of nitrogens with one attached hydrogen (secondary N) is 2. The monoisotopic (exact) mass is 686 g/mol. The first-order chi connectivity index (χ1) is 25.3. The molecule has 0 saturated heterocycles. The lowest BCUT2D eigenvalue weighted by atomic mass is 9.99. The number of fused-ring (bicyclic) bond motifs is 2. The molecule has 8 rings (SSSR count). The van der Waals surface area contributed by atoms with E-state index in [0.717, 1.165) is 55.4 Å². The summed E-state index contributed by atoms with van der Waals surface area (Å²) in [6, 6.07) is 39.7. The van der Waals surface area contributed by atoms with Crippen LogP contribution in [0.5, 0.6) is 0 Å². The quantitative estimate of drug-likeness (QED) is 0.155. The van der Waals surface area contributed by atoms with Crippen LogP contribution >= 0.6 is 0 Å². The van der Waals surface area contributed by atoms with E-state index in [4.69, 9.17) is 0 Å². The number of aromatic carboxylic acids is 1. The normalized spacial score (nSPS) is 10.8. The lowest BCUT2D eigenvalue weighted by Gasteiger charge is -2.13. The molecule has 3 N–H and O–H groups in total. The van der Waals surface area contributed by atoms with E-state index in [2.05, 4.69) is 57.9 Å². The van der Waals surface area contributed by atoms with Crippen molar-refractivity contribution in [1.29, 1.82) is 0 Å². The molecule has 6 nitrogen and oxygen atoms in total. The molecule has 8 aromatic rings. The smallest absolute Gasteiger partial charge is 0.337 e. The minimum Gasteiger partial charge on any atom is -0.478 e. The summed E-state index contributed by atoms with van der Waals surface area (Å²) in [5.74, 6) is -1.63. The summed E-state index contributed by atoms with van der Waals surface area (Å²) >= 11 is 0. The Morgan fingerprint density at radius 2 is 1.02 bits per heavy atom. The van der Waals surface area contributed by atoms with Gasteiger partial charge in [0.05, 0.1) is 11.3 Å². The summed E-state index contributed by atoms with van der Waals surface area (Å²) in [6.45, 7) is 2.05. The first kappa shape index (κ1) is 33.6. The van der Waals surface area contributed by atoms with Crippen molar-refractivity contribution in [2.45, 2.75) is 6.92 Å². The molecule has 2 heterocycles. The molecule has 0 saturated carbocycles. The maximum Gasteiger partial charge on any atom is 0.337 e. The van der Waals surface area contributed by atoms with Crippen molar-refractivity contribution in [1.82, 2.24) is 9.97 Å². The Balaban J connectivity index is 0.000000162. The maximum absolute atomic E-state index is 13.1. The number of carboxylic acid groups (broad SMARTS) is 1. The molecule has 0 bridgehead atoms. The minimum absolute atomic E-state index is 0.135. The summed E-state index contributed by atoms with van der Waals surface area (Å²) in [6.07, 6.45) is 7.33. The molecule has 2 aromatic heterocycles. The van der Waals surface area contributed by atoms with Crippen molar-refractivity contribution in [2.24, 2.45) is 0 Å². The summed E-state index contributed by atoms with van der Waals surface area (Å²) in [4.78, 5) is 20.3. The Morgan fingerprint density at radius 3 is 1.54 bits per heavy atom. The molecule has 0 fully saturated rings. The zero-order valence-electron chi connectivity index (χ0n) is 28.0. The number of halogens is 2. The highest BCUT2D eigenvalue weighted by molar-refractivity contribution is 6.00. The summed E-state index contributed by atoms with van der Waals surface area (Å²) < 4.78 is 26.2. The fraction of sp³-hybridized carbons (Fsp3) is 0.0227. The molecule has 0 amide bonds. The Labute approximate surface area is 299 Å². The number of carbonyl (C=O) groups is 1. The van der Waals surface area contributed by atoms with Gasteiger partial charge in [-0.25, -0.2) is 13.6 Å². The largest absolute Gasteiger partial charge is 0.478 e. The summed E-state index contributed by atoms with van der Waals surface area (Å²) in [5, 5.41) is 20.3. The van der Waals surface area contributed by atoms with Crippen LogP contribution in [-0.2, 0) is 0 Å². The van der Waals surface area contributed by atoms with Crippen molar-refractivity contribution >= 4 is 50.3 Å². The van der Waals surface area contributed by atoms with Crippen LogP contribution in [-0.4, -0.2) is 21.0 Å². The van der Waals surface area contributed by atoms with E-state index in [-0.39, 0.29) is 17.2 Å². The van der Waals surface area contributed by atoms with Crippen molar-refractivity contribution < 1.29 is 18.7 Å². The number of pyridine rings is 2. The Bertz CT molecular complexity index is 2530. The van der Waals surface area contributed by atoms with E-state index >= 15 is 0 Å². The van der Waals surface area contributed by atoms with Gasteiger partial charge in [-0.05, 0) is 101 Å². The molecule has 0 aliphatic carbocycles. The predicted octanol–water partition coefficient (Wildman–Crippen LogP) is 11.6. The second-order valence-electron chi connectivity index (χ2n) is 12.2. The van der Waals surface area contributed by atoms with Gasteiger partial charge in [0.1, 0.15) is 11.6 Å². The molecular weight excluding hydrogens is 655 g/mol. The van der Waals surface area contributed by atoms with Gasteiger partial charge in [-0.15, -0.1) is 0 Å². The van der Waals surface area contributed by atoms with E-state index in [1.165, 1.54) is 29.7 Å². The molecule has 0 aliphatic rings. The molecule has 0 aliphatic heterocycles. The van der Waals surface area contributed by atoms with Crippen LogP contribution in [0.15, 0.2) is 158 Å². The highest BCUT2D eigenvalue weighted by Gasteiger charge is 2.14. The van der Waals surface area contributed by atoms with Gasteiger partial charge in [-0.1, -0.05) is 66.7 Å².